The van der Waals surface area contributed by atoms with Crippen molar-refractivity contribution in [3.63, 3.8) is 0 Å². The monoisotopic (exact) mass is 362 g/mol. The van der Waals surface area contributed by atoms with E-state index >= 15 is 0 Å². The minimum atomic E-state index is -0.328. The molecule has 1 aliphatic heterocycles. The van der Waals surface area contributed by atoms with Crippen LogP contribution < -0.4 is 10.6 Å². The summed E-state index contributed by atoms with van der Waals surface area (Å²) in [7, 11) is 0. The largest absolute Gasteiger partial charge is 0.323 e. The molecule has 132 valence electrons. The summed E-state index contributed by atoms with van der Waals surface area (Å²) in [6.07, 6.45) is 0.626. The van der Waals surface area contributed by atoms with Gasteiger partial charge in [-0.3, -0.25) is 4.79 Å². The molecule has 0 fully saturated rings. The lowest BCUT2D eigenvalue weighted by Crippen LogP contribution is -2.26. The van der Waals surface area contributed by atoms with Gasteiger partial charge in [-0.1, -0.05) is 13.0 Å². The number of anilines is 1. The molecule has 0 saturated carbocycles. The van der Waals surface area contributed by atoms with Gasteiger partial charge in [0.25, 0.3) is 0 Å². The number of carbonyl (C=O) groups is 1. The highest BCUT2D eigenvalue weighted by molar-refractivity contribution is 7.99. The second-order valence-electron chi connectivity index (χ2n) is 6.15. The van der Waals surface area contributed by atoms with Crippen molar-refractivity contribution in [1.29, 1.82) is 0 Å². The van der Waals surface area contributed by atoms with Crippen LogP contribution in [-0.2, 0) is 17.8 Å². The fourth-order valence-electron chi connectivity index (χ4n) is 2.71. The van der Waals surface area contributed by atoms with Crippen molar-refractivity contribution in [2.75, 3.05) is 17.6 Å². The normalized spacial score (nSPS) is 14.7. The number of halogens is 2. The molecule has 3 rings (SSSR count). The topological polar surface area (TPSA) is 41.1 Å². The summed E-state index contributed by atoms with van der Waals surface area (Å²) in [6.45, 7) is 3.20. The highest BCUT2D eigenvalue weighted by Crippen LogP contribution is 2.26. The van der Waals surface area contributed by atoms with Crippen molar-refractivity contribution in [3.05, 3.63) is 59.2 Å². The molecule has 2 N–H and O–H groups in total. The van der Waals surface area contributed by atoms with Gasteiger partial charge in [0.1, 0.15) is 11.6 Å². The molecule has 2 aromatic rings. The number of thioether (sulfide) groups is 1. The van der Waals surface area contributed by atoms with Gasteiger partial charge < -0.3 is 10.6 Å². The van der Waals surface area contributed by atoms with E-state index in [1.165, 1.54) is 23.9 Å². The van der Waals surface area contributed by atoms with E-state index in [-0.39, 0.29) is 29.1 Å². The zero-order valence-corrected chi connectivity index (χ0v) is 14.8. The summed E-state index contributed by atoms with van der Waals surface area (Å²) in [5.74, 6) is -0.595. The molecule has 0 aliphatic carbocycles. The number of hydrogen-bond donors (Lipinski definition) is 2. The fourth-order valence-corrected chi connectivity index (χ4v) is 3.64. The van der Waals surface area contributed by atoms with Crippen LogP contribution >= 0.6 is 11.8 Å². The zero-order valence-electron chi connectivity index (χ0n) is 13.9. The van der Waals surface area contributed by atoms with Gasteiger partial charge >= 0.3 is 0 Å². The van der Waals surface area contributed by atoms with Crippen molar-refractivity contribution in [1.82, 2.24) is 5.32 Å². The number of fused-ring (bicyclic) bond motifs is 1. The first kappa shape index (κ1) is 17.9. The summed E-state index contributed by atoms with van der Waals surface area (Å²) in [5.41, 5.74) is 1.87. The van der Waals surface area contributed by atoms with E-state index in [2.05, 4.69) is 10.6 Å². The standard InChI is InChI=1S/C19H20F2N2OS/c1-12(11-25-15-5-3-14(20)4-6-15)19(24)23-17-7-2-13-10-22-9-8-16(13)18(17)21/h2-7,12,22H,8-11H2,1H3,(H,23,24). The van der Waals surface area contributed by atoms with Gasteiger partial charge in [-0.2, -0.15) is 0 Å². The van der Waals surface area contributed by atoms with E-state index in [1.54, 1.807) is 25.1 Å². The van der Waals surface area contributed by atoms with E-state index in [1.807, 2.05) is 6.07 Å². The molecule has 3 nitrogen and oxygen atoms in total. The van der Waals surface area contributed by atoms with Gasteiger partial charge in [-0.25, -0.2) is 8.78 Å². The minimum Gasteiger partial charge on any atom is -0.323 e. The first-order valence-corrected chi connectivity index (χ1v) is 9.23. The Morgan fingerprint density at radius 1 is 1.24 bits per heavy atom. The lowest BCUT2D eigenvalue weighted by Gasteiger charge is -2.20. The molecule has 1 unspecified atom stereocenters. The minimum absolute atomic E-state index is 0.220. The zero-order chi connectivity index (χ0) is 17.8. The average molecular weight is 362 g/mol. The van der Waals surface area contributed by atoms with Gasteiger partial charge in [0, 0.05) is 23.1 Å². The predicted molar refractivity (Wildman–Crippen MR) is 96.7 cm³/mol. The maximum Gasteiger partial charge on any atom is 0.228 e. The molecule has 0 spiro atoms. The Hall–Kier alpha value is -1.92. The number of carbonyl (C=O) groups excluding carboxylic acids is 1. The maximum absolute atomic E-state index is 14.6. The second kappa shape index (κ2) is 7.97. The van der Waals surface area contributed by atoms with Gasteiger partial charge in [0.2, 0.25) is 5.91 Å². The SMILES string of the molecule is CC(CSc1ccc(F)cc1)C(=O)Nc1ccc2c(c1F)CCNC2. The Morgan fingerprint density at radius 2 is 2.00 bits per heavy atom. The van der Waals surface area contributed by atoms with E-state index < -0.39 is 0 Å². The smallest absolute Gasteiger partial charge is 0.228 e. The molecule has 1 amide bonds. The van der Waals surface area contributed by atoms with Crippen LogP contribution in [0.4, 0.5) is 14.5 Å². The molecule has 6 heteroatoms. The van der Waals surface area contributed by atoms with Crippen LogP contribution in [0.25, 0.3) is 0 Å². The Balaban J connectivity index is 1.60. The van der Waals surface area contributed by atoms with Crippen LogP contribution in [0.1, 0.15) is 18.1 Å². The molecular weight excluding hydrogens is 342 g/mol. The number of rotatable bonds is 5. The van der Waals surface area contributed by atoms with Gasteiger partial charge in [-0.05, 0) is 54.4 Å². The Kier molecular flexibility index (Phi) is 5.71. The first-order valence-electron chi connectivity index (χ1n) is 8.25. The van der Waals surface area contributed by atoms with Crippen molar-refractivity contribution in [2.24, 2.45) is 5.92 Å². The fraction of sp³-hybridized carbons (Fsp3) is 0.316. The number of hydrogen-bond acceptors (Lipinski definition) is 3. The van der Waals surface area contributed by atoms with Crippen molar-refractivity contribution in [3.8, 4) is 0 Å². The van der Waals surface area contributed by atoms with E-state index in [4.69, 9.17) is 0 Å². The Morgan fingerprint density at radius 3 is 2.76 bits per heavy atom. The van der Waals surface area contributed by atoms with Gasteiger partial charge in [0.15, 0.2) is 0 Å². The number of nitrogens with one attached hydrogen (secondary N) is 2. The van der Waals surface area contributed by atoms with Crippen molar-refractivity contribution in [2.45, 2.75) is 24.8 Å². The molecule has 0 aromatic heterocycles. The Bertz CT molecular complexity index is 765. The van der Waals surface area contributed by atoms with Crippen LogP contribution in [0.15, 0.2) is 41.3 Å². The first-order chi connectivity index (χ1) is 12.0. The van der Waals surface area contributed by atoms with Gasteiger partial charge in [-0.15, -0.1) is 11.8 Å². The third-order valence-corrected chi connectivity index (χ3v) is 5.50. The summed E-state index contributed by atoms with van der Waals surface area (Å²) in [5, 5.41) is 5.90. The molecule has 2 aromatic carbocycles. The lowest BCUT2D eigenvalue weighted by molar-refractivity contribution is -0.118. The summed E-state index contributed by atoms with van der Waals surface area (Å²) in [6, 6.07) is 9.63. The number of amides is 1. The van der Waals surface area contributed by atoms with E-state index in [0.717, 1.165) is 17.0 Å². The summed E-state index contributed by atoms with van der Waals surface area (Å²) < 4.78 is 27.5. The molecule has 1 aliphatic rings. The van der Waals surface area contributed by atoms with Crippen LogP contribution in [0.5, 0.6) is 0 Å². The summed E-state index contributed by atoms with van der Waals surface area (Å²) >= 11 is 1.47. The van der Waals surface area contributed by atoms with Crippen LogP contribution in [0, 0.1) is 17.6 Å². The van der Waals surface area contributed by atoms with Crippen molar-refractivity contribution < 1.29 is 13.6 Å². The quantitative estimate of drug-likeness (QED) is 0.791. The predicted octanol–water partition coefficient (Wildman–Crippen LogP) is 3.98. The third kappa shape index (κ3) is 4.38. The molecule has 0 bridgehead atoms. The van der Waals surface area contributed by atoms with Gasteiger partial charge in [0.05, 0.1) is 5.69 Å². The summed E-state index contributed by atoms with van der Waals surface area (Å²) in [4.78, 5) is 13.2. The highest BCUT2D eigenvalue weighted by atomic mass is 32.2. The van der Waals surface area contributed by atoms with Crippen LogP contribution in [0.3, 0.4) is 0 Å². The molecule has 25 heavy (non-hydrogen) atoms. The second-order valence-corrected chi connectivity index (χ2v) is 7.24. The average Bonchev–Trinajstić information content (AvgIpc) is 2.63. The number of benzene rings is 2. The lowest BCUT2D eigenvalue weighted by atomic mass is 9.99. The van der Waals surface area contributed by atoms with Crippen LogP contribution in [-0.4, -0.2) is 18.2 Å². The molecular formula is C19H20F2N2OS. The van der Waals surface area contributed by atoms with E-state index in [0.29, 0.717) is 24.3 Å². The van der Waals surface area contributed by atoms with Crippen LogP contribution in [0.2, 0.25) is 0 Å². The van der Waals surface area contributed by atoms with E-state index in [9.17, 15) is 13.6 Å². The highest BCUT2D eigenvalue weighted by Gasteiger charge is 2.19. The molecule has 1 heterocycles. The molecule has 0 saturated heterocycles. The van der Waals surface area contributed by atoms with Crippen molar-refractivity contribution >= 4 is 23.4 Å². The maximum atomic E-state index is 14.6. The molecule has 0 radical (unpaired) electrons. The molecule has 1 atom stereocenters. The Labute approximate surface area is 150 Å². The third-order valence-electron chi connectivity index (χ3n) is 4.23.